The summed E-state index contributed by atoms with van der Waals surface area (Å²) in [7, 11) is 1.50. The Labute approximate surface area is 135 Å². The predicted molar refractivity (Wildman–Crippen MR) is 88.3 cm³/mol. The summed E-state index contributed by atoms with van der Waals surface area (Å²) in [5, 5.41) is 1.09. The lowest BCUT2D eigenvalue weighted by Crippen LogP contribution is -2.37. The molecule has 0 amide bonds. The Morgan fingerprint density at radius 3 is 3.09 bits per heavy atom. The van der Waals surface area contributed by atoms with Crippen LogP contribution in [-0.2, 0) is 9.53 Å². The van der Waals surface area contributed by atoms with Crippen molar-refractivity contribution in [2.24, 2.45) is 11.3 Å². The minimum absolute atomic E-state index is 0.0578. The zero-order valence-corrected chi connectivity index (χ0v) is 13.6. The van der Waals surface area contributed by atoms with E-state index in [-0.39, 0.29) is 11.4 Å². The van der Waals surface area contributed by atoms with Crippen molar-refractivity contribution >= 4 is 22.7 Å². The molecule has 2 fully saturated rings. The second kappa shape index (κ2) is 5.18. The summed E-state index contributed by atoms with van der Waals surface area (Å²) >= 11 is 0. The molecule has 23 heavy (non-hydrogen) atoms. The third-order valence-electron chi connectivity index (χ3n) is 5.61. The molecule has 2 unspecified atom stereocenters. The van der Waals surface area contributed by atoms with Crippen molar-refractivity contribution in [3.05, 3.63) is 30.1 Å². The maximum absolute atomic E-state index is 12.4. The Morgan fingerprint density at radius 2 is 2.26 bits per heavy atom. The molecular weight excluding hydrogens is 290 g/mol. The molecule has 1 aliphatic heterocycles. The Balaban J connectivity index is 1.78. The fourth-order valence-corrected chi connectivity index (χ4v) is 4.49. The first kappa shape index (κ1) is 14.4. The Morgan fingerprint density at radius 1 is 1.39 bits per heavy atom. The van der Waals surface area contributed by atoms with Gasteiger partial charge in [-0.2, -0.15) is 0 Å². The first-order chi connectivity index (χ1) is 11.2. The number of carbonyl (C=O) groups is 1. The van der Waals surface area contributed by atoms with Crippen LogP contribution in [0.5, 0.6) is 0 Å². The number of hydrogen-bond acceptors (Lipinski definition) is 5. The molecule has 5 nitrogen and oxygen atoms in total. The number of rotatable bonds is 2. The van der Waals surface area contributed by atoms with Gasteiger partial charge >= 0.3 is 5.97 Å². The van der Waals surface area contributed by atoms with Crippen LogP contribution < -0.4 is 4.90 Å². The van der Waals surface area contributed by atoms with E-state index >= 15 is 0 Å². The lowest BCUT2D eigenvalue weighted by atomic mass is 9.81. The summed E-state index contributed by atoms with van der Waals surface area (Å²) in [4.78, 5) is 23.6. The number of methoxy groups -OCH3 is 1. The number of anilines is 1. The molecule has 5 heteroatoms. The van der Waals surface area contributed by atoms with Crippen molar-refractivity contribution in [1.82, 2.24) is 9.97 Å². The minimum atomic E-state index is -0.352. The van der Waals surface area contributed by atoms with Crippen molar-refractivity contribution in [3.8, 4) is 0 Å². The molecular formula is C18H21N3O2. The fraction of sp³-hybridized carbons (Fsp3) is 0.500. The van der Waals surface area contributed by atoms with Gasteiger partial charge in [0.15, 0.2) is 0 Å². The second-order valence-corrected chi connectivity index (χ2v) is 6.78. The lowest BCUT2D eigenvalue weighted by Gasteiger charge is -2.26. The van der Waals surface area contributed by atoms with Crippen LogP contribution in [0.3, 0.4) is 0 Å². The highest BCUT2D eigenvalue weighted by Crippen LogP contribution is 2.50. The van der Waals surface area contributed by atoms with E-state index in [1.54, 1.807) is 6.33 Å². The number of hydrogen-bond donors (Lipinski definition) is 0. The molecule has 2 heterocycles. The van der Waals surface area contributed by atoms with Crippen molar-refractivity contribution in [2.45, 2.75) is 26.2 Å². The zero-order chi connectivity index (χ0) is 16.0. The summed E-state index contributed by atoms with van der Waals surface area (Å²) in [6.07, 6.45) is 4.74. The third-order valence-corrected chi connectivity index (χ3v) is 5.61. The summed E-state index contributed by atoms with van der Waals surface area (Å²) in [5.41, 5.74) is 1.77. The highest BCUT2D eigenvalue weighted by Gasteiger charge is 2.55. The van der Waals surface area contributed by atoms with Crippen LogP contribution in [0.4, 0.5) is 5.82 Å². The highest BCUT2D eigenvalue weighted by molar-refractivity contribution is 5.93. The van der Waals surface area contributed by atoms with E-state index in [9.17, 15) is 4.79 Å². The Hall–Kier alpha value is -2.17. The highest BCUT2D eigenvalue weighted by atomic mass is 16.5. The smallest absolute Gasteiger partial charge is 0.313 e. The van der Waals surface area contributed by atoms with Crippen molar-refractivity contribution in [2.75, 3.05) is 25.1 Å². The molecule has 0 spiro atoms. The topological polar surface area (TPSA) is 55.3 Å². The number of aryl methyl sites for hydroxylation is 1. The molecule has 2 atom stereocenters. The van der Waals surface area contributed by atoms with Gasteiger partial charge in [0, 0.05) is 18.5 Å². The minimum Gasteiger partial charge on any atom is -0.469 e. The maximum atomic E-state index is 12.4. The molecule has 0 N–H and O–H groups in total. The van der Waals surface area contributed by atoms with E-state index in [0.29, 0.717) is 12.5 Å². The molecule has 2 aromatic rings. The SMILES string of the molecule is COC(=O)C12CCCC1CN(c1ncnc3cccc(C)c13)C2. The Bertz CT molecular complexity index is 771. The van der Waals surface area contributed by atoms with Crippen molar-refractivity contribution in [3.63, 3.8) is 0 Å². The van der Waals surface area contributed by atoms with Gasteiger partial charge in [-0.05, 0) is 37.3 Å². The van der Waals surface area contributed by atoms with E-state index in [4.69, 9.17) is 4.74 Å². The van der Waals surface area contributed by atoms with Gasteiger partial charge in [-0.15, -0.1) is 0 Å². The molecule has 1 aliphatic carbocycles. The maximum Gasteiger partial charge on any atom is 0.313 e. The molecule has 0 radical (unpaired) electrons. The van der Waals surface area contributed by atoms with Crippen LogP contribution in [0.25, 0.3) is 10.9 Å². The number of benzene rings is 1. The van der Waals surface area contributed by atoms with Gasteiger partial charge in [0.1, 0.15) is 12.1 Å². The normalized spacial score (nSPS) is 26.5. The van der Waals surface area contributed by atoms with Gasteiger partial charge in [-0.25, -0.2) is 9.97 Å². The summed E-state index contributed by atoms with van der Waals surface area (Å²) in [6.45, 7) is 3.66. The van der Waals surface area contributed by atoms with E-state index in [2.05, 4.69) is 27.9 Å². The van der Waals surface area contributed by atoms with Crippen LogP contribution in [0.1, 0.15) is 24.8 Å². The van der Waals surface area contributed by atoms with Gasteiger partial charge in [0.05, 0.1) is 18.0 Å². The summed E-state index contributed by atoms with van der Waals surface area (Å²) in [5.74, 6) is 1.26. The summed E-state index contributed by atoms with van der Waals surface area (Å²) < 4.78 is 5.14. The molecule has 2 aliphatic rings. The predicted octanol–water partition coefficient (Wildman–Crippen LogP) is 2.72. The van der Waals surface area contributed by atoms with Crippen LogP contribution in [0.15, 0.2) is 24.5 Å². The number of nitrogens with zero attached hydrogens (tertiary/aromatic N) is 3. The third kappa shape index (κ3) is 2.02. The van der Waals surface area contributed by atoms with Crippen molar-refractivity contribution < 1.29 is 9.53 Å². The largest absolute Gasteiger partial charge is 0.469 e. The van der Waals surface area contributed by atoms with Gasteiger partial charge in [0.25, 0.3) is 0 Å². The Kier molecular flexibility index (Phi) is 3.25. The lowest BCUT2D eigenvalue weighted by molar-refractivity contribution is -0.152. The van der Waals surface area contributed by atoms with Crippen molar-refractivity contribution in [1.29, 1.82) is 0 Å². The molecule has 1 aromatic heterocycles. The average Bonchev–Trinajstić information content (AvgIpc) is 3.12. The van der Waals surface area contributed by atoms with Gasteiger partial charge in [-0.3, -0.25) is 4.79 Å². The van der Waals surface area contributed by atoms with Crippen LogP contribution in [0.2, 0.25) is 0 Å². The molecule has 1 saturated heterocycles. The van der Waals surface area contributed by atoms with Crippen LogP contribution in [0, 0.1) is 18.3 Å². The first-order valence-corrected chi connectivity index (χ1v) is 8.19. The standard InChI is InChI=1S/C18H21N3O2/c1-12-5-3-7-14-15(12)16(20-11-19-14)21-9-13-6-4-8-18(13,10-21)17(22)23-2/h3,5,7,11,13H,4,6,8-10H2,1-2H3. The zero-order valence-electron chi connectivity index (χ0n) is 13.6. The number of esters is 1. The van der Waals surface area contributed by atoms with E-state index in [1.807, 2.05) is 12.1 Å². The second-order valence-electron chi connectivity index (χ2n) is 6.78. The molecule has 1 saturated carbocycles. The number of fused-ring (bicyclic) bond motifs is 2. The molecule has 0 bridgehead atoms. The van der Waals surface area contributed by atoms with Gasteiger partial charge in [0.2, 0.25) is 0 Å². The monoisotopic (exact) mass is 311 g/mol. The number of carbonyl (C=O) groups excluding carboxylic acids is 1. The molecule has 4 rings (SSSR count). The quantitative estimate of drug-likeness (QED) is 0.798. The first-order valence-electron chi connectivity index (χ1n) is 8.19. The summed E-state index contributed by atoms with van der Waals surface area (Å²) in [6, 6.07) is 6.12. The van der Waals surface area contributed by atoms with E-state index in [0.717, 1.165) is 42.5 Å². The van der Waals surface area contributed by atoms with Crippen LogP contribution in [-0.4, -0.2) is 36.1 Å². The van der Waals surface area contributed by atoms with E-state index in [1.165, 1.54) is 12.7 Å². The number of aromatic nitrogens is 2. The molecule has 120 valence electrons. The van der Waals surface area contributed by atoms with Gasteiger partial charge < -0.3 is 9.64 Å². The molecule has 1 aromatic carbocycles. The van der Waals surface area contributed by atoms with E-state index < -0.39 is 0 Å². The average molecular weight is 311 g/mol. The van der Waals surface area contributed by atoms with Crippen LogP contribution >= 0.6 is 0 Å². The fourth-order valence-electron chi connectivity index (χ4n) is 4.49. The number of ether oxygens (including phenoxy) is 1. The van der Waals surface area contributed by atoms with Gasteiger partial charge in [-0.1, -0.05) is 18.6 Å².